The van der Waals surface area contributed by atoms with Crippen molar-refractivity contribution < 1.29 is 14.3 Å². The molecule has 3 nitrogen and oxygen atoms in total. The first kappa shape index (κ1) is 19.5. The minimum absolute atomic E-state index is 0.312. The minimum atomic E-state index is -0.312. The third-order valence-corrected chi connectivity index (χ3v) is 2.32. The molecule has 0 aromatic heterocycles. The molecule has 0 fully saturated rings. The molecule has 0 aromatic rings. The highest BCUT2D eigenvalue weighted by Gasteiger charge is 1.94. The topological polar surface area (TPSA) is 35.5 Å². The van der Waals surface area contributed by atoms with E-state index in [0.717, 1.165) is 26.1 Å². The van der Waals surface area contributed by atoms with E-state index in [0.29, 0.717) is 6.61 Å². The molecular formula is C15H30O3. The molecule has 0 atom stereocenters. The van der Waals surface area contributed by atoms with Crippen molar-refractivity contribution in [2.45, 2.75) is 59.3 Å². The maximum Gasteiger partial charge on any atom is 0.330 e. The summed E-state index contributed by atoms with van der Waals surface area (Å²) < 4.78 is 9.67. The van der Waals surface area contributed by atoms with Crippen LogP contribution in [-0.4, -0.2) is 25.8 Å². The van der Waals surface area contributed by atoms with E-state index < -0.39 is 0 Å². The van der Waals surface area contributed by atoms with Crippen LogP contribution in [-0.2, 0) is 14.3 Å². The van der Waals surface area contributed by atoms with Crippen molar-refractivity contribution in [2.24, 2.45) is 0 Å². The van der Waals surface area contributed by atoms with Gasteiger partial charge >= 0.3 is 5.97 Å². The highest BCUT2D eigenvalue weighted by atomic mass is 16.5. The zero-order valence-electron chi connectivity index (χ0n) is 12.4. The molecule has 0 heterocycles. The van der Waals surface area contributed by atoms with Crippen molar-refractivity contribution in [1.29, 1.82) is 0 Å². The molecule has 0 amide bonds. The average molecular weight is 258 g/mol. The average Bonchev–Trinajstić information content (AvgIpc) is 2.39. The Balaban J connectivity index is 0. The molecule has 0 aliphatic carbocycles. The fourth-order valence-electron chi connectivity index (χ4n) is 1.32. The Morgan fingerprint density at radius 3 is 2.00 bits per heavy atom. The van der Waals surface area contributed by atoms with Crippen LogP contribution < -0.4 is 0 Å². The van der Waals surface area contributed by atoms with Gasteiger partial charge in [-0.2, -0.15) is 0 Å². The van der Waals surface area contributed by atoms with Crippen LogP contribution in [0.4, 0.5) is 0 Å². The zero-order valence-corrected chi connectivity index (χ0v) is 12.4. The van der Waals surface area contributed by atoms with Gasteiger partial charge in [-0.15, -0.1) is 0 Å². The number of hydrogen-bond acceptors (Lipinski definition) is 3. The monoisotopic (exact) mass is 258 g/mol. The van der Waals surface area contributed by atoms with E-state index in [1.807, 2.05) is 13.8 Å². The lowest BCUT2D eigenvalue weighted by molar-refractivity contribution is -0.137. The summed E-state index contributed by atoms with van der Waals surface area (Å²) in [6.07, 6.45) is 8.47. The normalized spacial score (nSPS) is 9.28. The third-order valence-electron chi connectivity index (χ3n) is 2.32. The molecule has 0 bridgehead atoms. The van der Waals surface area contributed by atoms with Gasteiger partial charge in [0, 0.05) is 19.3 Å². The van der Waals surface area contributed by atoms with E-state index >= 15 is 0 Å². The van der Waals surface area contributed by atoms with Crippen LogP contribution in [0.3, 0.4) is 0 Å². The number of esters is 1. The number of carbonyl (C=O) groups excluding carboxylic acids is 1. The van der Waals surface area contributed by atoms with Gasteiger partial charge in [-0.3, -0.25) is 0 Å². The summed E-state index contributed by atoms with van der Waals surface area (Å²) in [6.45, 7) is 11.7. The minimum Gasteiger partial charge on any atom is -0.463 e. The molecule has 0 spiro atoms. The SMILES string of the molecule is C=CC(=O)OCCCCCCCC.CCOCC. The summed E-state index contributed by atoms with van der Waals surface area (Å²) in [4.78, 5) is 10.6. The van der Waals surface area contributed by atoms with Gasteiger partial charge in [0.1, 0.15) is 0 Å². The van der Waals surface area contributed by atoms with Gasteiger partial charge in [0.25, 0.3) is 0 Å². The van der Waals surface area contributed by atoms with Gasteiger partial charge < -0.3 is 9.47 Å². The quantitative estimate of drug-likeness (QED) is 0.336. The Labute approximate surface area is 113 Å². The molecule has 0 rings (SSSR count). The largest absolute Gasteiger partial charge is 0.463 e. The fraction of sp³-hybridized carbons (Fsp3) is 0.800. The first-order valence-corrected chi connectivity index (χ1v) is 7.09. The van der Waals surface area contributed by atoms with Crippen molar-refractivity contribution in [3.05, 3.63) is 12.7 Å². The molecule has 18 heavy (non-hydrogen) atoms. The van der Waals surface area contributed by atoms with E-state index in [4.69, 9.17) is 9.47 Å². The number of rotatable bonds is 10. The molecule has 0 aliphatic heterocycles. The first-order valence-electron chi connectivity index (χ1n) is 7.09. The van der Waals surface area contributed by atoms with Crippen molar-refractivity contribution in [2.75, 3.05) is 19.8 Å². The van der Waals surface area contributed by atoms with Gasteiger partial charge in [-0.1, -0.05) is 45.6 Å². The van der Waals surface area contributed by atoms with Crippen molar-refractivity contribution in [3.63, 3.8) is 0 Å². The maximum absolute atomic E-state index is 10.6. The number of unbranched alkanes of at least 4 members (excludes halogenated alkanes) is 5. The lowest BCUT2D eigenvalue weighted by atomic mass is 10.1. The van der Waals surface area contributed by atoms with Gasteiger partial charge in [0.2, 0.25) is 0 Å². The molecule has 3 heteroatoms. The van der Waals surface area contributed by atoms with Crippen LogP contribution in [0.1, 0.15) is 59.3 Å². The van der Waals surface area contributed by atoms with E-state index in [2.05, 4.69) is 13.5 Å². The molecule has 0 N–H and O–H groups in total. The Morgan fingerprint density at radius 1 is 1.00 bits per heavy atom. The Morgan fingerprint density at radius 2 is 1.56 bits per heavy atom. The van der Waals surface area contributed by atoms with Crippen LogP contribution in [0.2, 0.25) is 0 Å². The summed E-state index contributed by atoms with van der Waals surface area (Å²) in [5, 5.41) is 0. The molecular weight excluding hydrogens is 228 g/mol. The second-order valence-electron chi connectivity index (χ2n) is 3.92. The van der Waals surface area contributed by atoms with Crippen LogP contribution in [0.25, 0.3) is 0 Å². The van der Waals surface area contributed by atoms with Gasteiger partial charge in [-0.25, -0.2) is 4.79 Å². The number of hydrogen-bond donors (Lipinski definition) is 0. The highest BCUT2D eigenvalue weighted by Crippen LogP contribution is 2.04. The fourth-order valence-corrected chi connectivity index (χ4v) is 1.32. The summed E-state index contributed by atoms with van der Waals surface area (Å²) in [6, 6.07) is 0. The molecule has 0 radical (unpaired) electrons. The van der Waals surface area contributed by atoms with Crippen molar-refractivity contribution >= 4 is 5.97 Å². The lowest BCUT2D eigenvalue weighted by Crippen LogP contribution is -2.01. The zero-order chi connectivity index (χ0) is 14.1. The molecule has 0 saturated carbocycles. The number of carbonyl (C=O) groups is 1. The van der Waals surface area contributed by atoms with Gasteiger partial charge in [0.15, 0.2) is 0 Å². The van der Waals surface area contributed by atoms with E-state index in [1.54, 1.807) is 0 Å². The second kappa shape index (κ2) is 18.5. The summed E-state index contributed by atoms with van der Waals surface area (Å²) in [5.74, 6) is -0.312. The summed E-state index contributed by atoms with van der Waals surface area (Å²) in [5.41, 5.74) is 0. The van der Waals surface area contributed by atoms with Crippen LogP contribution >= 0.6 is 0 Å². The predicted octanol–water partition coefficient (Wildman–Crippen LogP) is 4.12. The molecule has 0 saturated heterocycles. The van der Waals surface area contributed by atoms with E-state index in [9.17, 15) is 4.79 Å². The highest BCUT2D eigenvalue weighted by molar-refractivity contribution is 5.81. The van der Waals surface area contributed by atoms with E-state index in [-0.39, 0.29) is 5.97 Å². The third kappa shape index (κ3) is 20.6. The Bertz CT molecular complexity index is 177. The Hall–Kier alpha value is -0.830. The molecule has 0 unspecified atom stereocenters. The van der Waals surface area contributed by atoms with Gasteiger partial charge in [-0.05, 0) is 20.3 Å². The number of ether oxygens (including phenoxy) is 2. The van der Waals surface area contributed by atoms with Crippen LogP contribution in [0, 0.1) is 0 Å². The molecule has 0 aliphatic rings. The summed E-state index contributed by atoms with van der Waals surface area (Å²) in [7, 11) is 0. The van der Waals surface area contributed by atoms with Crippen molar-refractivity contribution in [1.82, 2.24) is 0 Å². The van der Waals surface area contributed by atoms with Gasteiger partial charge in [0.05, 0.1) is 6.61 Å². The molecule has 108 valence electrons. The lowest BCUT2D eigenvalue weighted by Gasteiger charge is -2.01. The summed E-state index contributed by atoms with van der Waals surface area (Å²) >= 11 is 0. The maximum atomic E-state index is 10.6. The smallest absolute Gasteiger partial charge is 0.330 e. The Kier molecular flexibility index (Phi) is 20.1. The van der Waals surface area contributed by atoms with E-state index in [1.165, 1.54) is 31.8 Å². The first-order chi connectivity index (χ1) is 8.72. The van der Waals surface area contributed by atoms with Crippen LogP contribution in [0.15, 0.2) is 12.7 Å². The van der Waals surface area contributed by atoms with Crippen LogP contribution in [0.5, 0.6) is 0 Å². The predicted molar refractivity (Wildman–Crippen MR) is 76.7 cm³/mol. The second-order valence-corrected chi connectivity index (χ2v) is 3.92. The standard InChI is InChI=1S/C11H20O2.C4H10O/c1-3-5-6-7-8-9-10-13-11(12)4-2;1-3-5-4-2/h4H,2-3,5-10H2,1H3;3-4H2,1-2H3. The molecule has 0 aromatic carbocycles. The van der Waals surface area contributed by atoms with Crippen molar-refractivity contribution in [3.8, 4) is 0 Å².